The molecule has 0 bridgehead atoms. The summed E-state index contributed by atoms with van der Waals surface area (Å²) < 4.78 is 12.1. The molecule has 2 heterocycles. The maximum absolute atomic E-state index is 12.2. The summed E-state index contributed by atoms with van der Waals surface area (Å²) in [4.78, 5) is 16.3. The molecule has 7 heteroatoms. The highest BCUT2D eigenvalue weighted by Crippen LogP contribution is 2.34. The van der Waals surface area contributed by atoms with E-state index >= 15 is 0 Å². The molecule has 0 saturated carbocycles. The number of carbonyl (C=O) groups is 1. The van der Waals surface area contributed by atoms with Gasteiger partial charge in [-0.1, -0.05) is 18.2 Å². The van der Waals surface area contributed by atoms with Crippen LogP contribution in [0.1, 0.15) is 10.6 Å². The number of aromatic nitrogens is 3. The van der Waals surface area contributed by atoms with Gasteiger partial charge in [-0.3, -0.25) is 4.79 Å². The van der Waals surface area contributed by atoms with Gasteiger partial charge >= 0.3 is 0 Å². The van der Waals surface area contributed by atoms with Crippen molar-refractivity contribution in [1.82, 2.24) is 14.8 Å². The Morgan fingerprint density at radius 1 is 1.09 bits per heavy atom. The lowest BCUT2D eigenvalue weighted by molar-refractivity contribution is 0.101. The molecule has 0 saturated heterocycles. The molecule has 1 aliphatic heterocycles. The van der Waals surface area contributed by atoms with Gasteiger partial charge in [-0.15, -0.1) is 5.10 Å². The maximum atomic E-state index is 12.2. The number of hydrogen-bond acceptors (Lipinski definition) is 5. The minimum Gasteiger partial charge on any atom is -0.454 e. The average Bonchev–Trinajstić information content (AvgIpc) is 3.24. The summed E-state index contributed by atoms with van der Waals surface area (Å²) in [7, 11) is 0. The van der Waals surface area contributed by atoms with Gasteiger partial charge in [0.2, 0.25) is 12.6 Å². The smallest absolute Gasteiger partial charge is 0.295 e. The molecule has 0 spiro atoms. The van der Waals surface area contributed by atoms with E-state index in [-0.39, 0.29) is 12.6 Å². The van der Waals surface area contributed by atoms with Gasteiger partial charge in [0.05, 0.1) is 5.69 Å². The monoisotopic (exact) mass is 308 g/mol. The highest BCUT2D eigenvalue weighted by Gasteiger charge is 2.16. The van der Waals surface area contributed by atoms with Crippen molar-refractivity contribution >= 4 is 11.6 Å². The van der Waals surface area contributed by atoms with Crippen molar-refractivity contribution in [3.05, 3.63) is 60.7 Å². The van der Waals surface area contributed by atoms with Crippen LogP contribution < -0.4 is 14.8 Å². The number of fused-ring (bicyclic) bond motifs is 1. The minimum absolute atomic E-state index is 0.0894. The normalized spacial score (nSPS) is 12.2. The summed E-state index contributed by atoms with van der Waals surface area (Å²) in [5.74, 6) is 0.963. The van der Waals surface area contributed by atoms with Gasteiger partial charge in [0.1, 0.15) is 6.33 Å². The Labute approximate surface area is 131 Å². The molecular formula is C16H12N4O3. The van der Waals surface area contributed by atoms with Crippen molar-refractivity contribution in [3.63, 3.8) is 0 Å². The quantitative estimate of drug-likeness (QED) is 0.803. The van der Waals surface area contributed by atoms with Gasteiger partial charge in [0.25, 0.3) is 5.91 Å². The second-order valence-corrected chi connectivity index (χ2v) is 4.87. The Morgan fingerprint density at radius 3 is 2.78 bits per heavy atom. The Balaban J connectivity index is 1.52. The van der Waals surface area contributed by atoms with Gasteiger partial charge < -0.3 is 14.8 Å². The van der Waals surface area contributed by atoms with Crippen molar-refractivity contribution in [2.24, 2.45) is 0 Å². The van der Waals surface area contributed by atoms with Crippen molar-refractivity contribution in [1.29, 1.82) is 0 Å². The molecule has 1 amide bonds. The third-order valence-corrected chi connectivity index (χ3v) is 3.35. The van der Waals surface area contributed by atoms with Crippen LogP contribution in [0.5, 0.6) is 11.5 Å². The number of rotatable bonds is 3. The maximum Gasteiger partial charge on any atom is 0.295 e. The third kappa shape index (κ3) is 2.59. The van der Waals surface area contributed by atoms with Crippen LogP contribution in [0, 0.1) is 0 Å². The first kappa shape index (κ1) is 13.3. The zero-order valence-corrected chi connectivity index (χ0v) is 12.0. The minimum atomic E-state index is -0.390. The molecule has 1 aromatic heterocycles. The van der Waals surface area contributed by atoms with E-state index in [1.807, 2.05) is 30.3 Å². The van der Waals surface area contributed by atoms with Crippen molar-refractivity contribution in [2.75, 3.05) is 12.1 Å². The number of nitrogens with one attached hydrogen (secondary N) is 1. The van der Waals surface area contributed by atoms with E-state index < -0.39 is 5.91 Å². The summed E-state index contributed by atoms with van der Waals surface area (Å²) in [6.07, 6.45) is 1.50. The van der Waals surface area contributed by atoms with E-state index in [9.17, 15) is 4.79 Å². The molecule has 1 N–H and O–H groups in total. The van der Waals surface area contributed by atoms with Crippen LogP contribution >= 0.6 is 0 Å². The fourth-order valence-corrected chi connectivity index (χ4v) is 2.23. The number of ether oxygens (including phenoxy) is 2. The van der Waals surface area contributed by atoms with E-state index in [2.05, 4.69) is 15.4 Å². The van der Waals surface area contributed by atoms with Crippen molar-refractivity contribution in [3.8, 4) is 17.2 Å². The Morgan fingerprint density at radius 2 is 1.91 bits per heavy atom. The summed E-state index contributed by atoms with van der Waals surface area (Å²) in [5.41, 5.74) is 1.43. The number of benzene rings is 2. The first-order chi connectivity index (χ1) is 11.3. The largest absolute Gasteiger partial charge is 0.454 e. The van der Waals surface area contributed by atoms with Crippen LogP contribution in [-0.2, 0) is 0 Å². The van der Waals surface area contributed by atoms with Crippen LogP contribution in [-0.4, -0.2) is 27.5 Å². The van der Waals surface area contributed by atoms with Gasteiger partial charge in [0, 0.05) is 11.8 Å². The lowest BCUT2D eigenvalue weighted by Gasteiger charge is -2.03. The summed E-state index contributed by atoms with van der Waals surface area (Å²) in [6, 6.07) is 14.6. The lowest BCUT2D eigenvalue weighted by Crippen LogP contribution is -2.14. The number of para-hydroxylation sites is 1. The van der Waals surface area contributed by atoms with Crippen LogP contribution in [0.2, 0.25) is 0 Å². The SMILES string of the molecule is O=C(Nc1ccc2c(c1)OCO2)c1ncn(-c2ccccc2)n1. The number of amides is 1. The standard InChI is InChI=1S/C16H12N4O3/c21-16(18-11-6-7-13-14(8-11)23-10-22-13)15-17-9-20(19-15)12-4-2-1-3-5-12/h1-9H,10H2,(H,18,21). The fraction of sp³-hybridized carbons (Fsp3) is 0.0625. The van der Waals surface area contributed by atoms with Crippen LogP contribution in [0.25, 0.3) is 5.69 Å². The number of anilines is 1. The first-order valence-electron chi connectivity index (χ1n) is 6.98. The third-order valence-electron chi connectivity index (χ3n) is 3.35. The summed E-state index contributed by atoms with van der Waals surface area (Å²) in [5, 5.41) is 6.93. The number of nitrogens with zero attached hydrogens (tertiary/aromatic N) is 3. The van der Waals surface area contributed by atoms with Gasteiger partial charge in [0.15, 0.2) is 11.5 Å². The van der Waals surface area contributed by atoms with Crippen LogP contribution in [0.4, 0.5) is 5.69 Å². The van der Waals surface area contributed by atoms with Crippen LogP contribution in [0.3, 0.4) is 0 Å². The molecule has 0 unspecified atom stereocenters. The van der Waals surface area contributed by atoms with E-state index in [0.29, 0.717) is 17.2 Å². The second-order valence-electron chi connectivity index (χ2n) is 4.87. The summed E-state index contributed by atoms with van der Waals surface area (Å²) in [6.45, 7) is 0.190. The molecule has 2 aromatic carbocycles. The molecule has 3 aromatic rings. The van der Waals surface area contributed by atoms with E-state index in [1.54, 1.807) is 22.9 Å². The molecule has 1 aliphatic rings. The topological polar surface area (TPSA) is 78.3 Å². The second kappa shape index (κ2) is 5.45. The Kier molecular flexibility index (Phi) is 3.16. The highest BCUT2D eigenvalue weighted by atomic mass is 16.7. The number of carbonyl (C=O) groups excluding carboxylic acids is 1. The lowest BCUT2D eigenvalue weighted by atomic mass is 10.3. The van der Waals surface area contributed by atoms with Crippen molar-refractivity contribution in [2.45, 2.75) is 0 Å². The van der Waals surface area contributed by atoms with Crippen molar-refractivity contribution < 1.29 is 14.3 Å². The van der Waals surface area contributed by atoms with Gasteiger partial charge in [-0.25, -0.2) is 9.67 Å². The molecule has 4 rings (SSSR count). The molecule has 23 heavy (non-hydrogen) atoms. The molecule has 0 atom stereocenters. The number of hydrogen-bond donors (Lipinski definition) is 1. The van der Waals surface area contributed by atoms with Gasteiger partial charge in [-0.05, 0) is 24.3 Å². The highest BCUT2D eigenvalue weighted by molar-refractivity contribution is 6.01. The molecule has 0 radical (unpaired) electrons. The first-order valence-corrected chi connectivity index (χ1v) is 6.98. The molecule has 114 valence electrons. The molecule has 0 aliphatic carbocycles. The van der Waals surface area contributed by atoms with E-state index in [4.69, 9.17) is 9.47 Å². The molecule has 0 fully saturated rings. The predicted octanol–water partition coefficient (Wildman–Crippen LogP) is 2.25. The zero-order valence-electron chi connectivity index (χ0n) is 12.0. The molecular weight excluding hydrogens is 296 g/mol. The predicted molar refractivity (Wildman–Crippen MR) is 81.9 cm³/mol. The Bertz CT molecular complexity index is 861. The Hall–Kier alpha value is -3.35. The van der Waals surface area contributed by atoms with E-state index in [1.165, 1.54) is 6.33 Å². The fourth-order valence-electron chi connectivity index (χ4n) is 2.23. The van der Waals surface area contributed by atoms with E-state index in [0.717, 1.165) is 5.69 Å². The molecule has 7 nitrogen and oxygen atoms in total. The van der Waals surface area contributed by atoms with Crippen LogP contribution in [0.15, 0.2) is 54.9 Å². The summed E-state index contributed by atoms with van der Waals surface area (Å²) >= 11 is 0. The average molecular weight is 308 g/mol. The van der Waals surface area contributed by atoms with Gasteiger partial charge in [-0.2, -0.15) is 0 Å². The zero-order chi connectivity index (χ0) is 15.6.